The fourth-order valence-electron chi connectivity index (χ4n) is 4.01. The highest BCUT2D eigenvalue weighted by atomic mass is 15.2. The minimum absolute atomic E-state index is 0.545. The lowest BCUT2D eigenvalue weighted by Crippen LogP contribution is -2.46. The number of hydrogen-bond donors (Lipinski definition) is 1. The number of likely N-dealkylation sites (N-methyl/N-ethyl adjacent to an activating group) is 1. The summed E-state index contributed by atoms with van der Waals surface area (Å²) in [6, 6.07) is 0.772. The third-order valence-electron chi connectivity index (χ3n) is 5.62. The molecule has 1 aliphatic carbocycles. The van der Waals surface area contributed by atoms with Crippen LogP contribution in [0.15, 0.2) is 0 Å². The third-order valence-corrected chi connectivity index (χ3v) is 5.62. The van der Waals surface area contributed by atoms with Gasteiger partial charge >= 0.3 is 0 Å². The van der Waals surface area contributed by atoms with E-state index in [2.05, 4.69) is 43.1 Å². The Hall–Kier alpha value is -0.120. The quantitative estimate of drug-likeness (QED) is 0.807. The molecule has 0 aromatic carbocycles. The molecule has 0 aromatic rings. The van der Waals surface area contributed by atoms with Gasteiger partial charge in [0.2, 0.25) is 0 Å². The highest BCUT2D eigenvalue weighted by molar-refractivity contribution is 4.92. The zero-order valence-electron chi connectivity index (χ0n) is 14.1. The predicted molar refractivity (Wildman–Crippen MR) is 87.1 cm³/mol. The van der Waals surface area contributed by atoms with Gasteiger partial charge in [0.25, 0.3) is 0 Å². The summed E-state index contributed by atoms with van der Waals surface area (Å²) in [5.41, 5.74) is 0.545. The molecule has 1 saturated carbocycles. The van der Waals surface area contributed by atoms with Gasteiger partial charge in [-0.15, -0.1) is 0 Å². The molecule has 118 valence electrons. The van der Waals surface area contributed by atoms with Gasteiger partial charge < -0.3 is 15.1 Å². The summed E-state index contributed by atoms with van der Waals surface area (Å²) in [6.07, 6.45) is 7.04. The van der Waals surface area contributed by atoms with Crippen LogP contribution in [0.3, 0.4) is 0 Å². The van der Waals surface area contributed by atoms with Crippen molar-refractivity contribution in [2.24, 2.45) is 11.3 Å². The molecule has 2 rings (SSSR count). The van der Waals surface area contributed by atoms with Crippen LogP contribution in [0.4, 0.5) is 0 Å². The first-order valence-corrected chi connectivity index (χ1v) is 8.64. The third kappa shape index (κ3) is 4.19. The minimum atomic E-state index is 0.545. The molecule has 2 aliphatic rings. The second kappa shape index (κ2) is 7.24. The van der Waals surface area contributed by atoms with E-state index in [0.717, 1.165) is 18.5 Å². The van der Waals surface area contributed by atoms with E-state index in [9.17, 15) is 0 Å². The lowest BCUT2D eigenvalue weighted by Gasteiger charge is -2.42. The van der Waals surface area contributed by atoms with Gasteiger partial charge in [0.15, 0.2) is 0 Å². The van der Waals surface area contributed by atoms with E-state index in [1.54, 1.807) is 0 Å². The van der Waals surface area contributed by atoms with Crippen LogP contribution in [0, 0.1) is 11.3 Å². The zero-order valence-corrected chi connectivity index (χ0v) is 14.1. The van der Waals surface area contributed by atoms with Gasteiger partial charge in [0.1, 0.15) is 0 Å². The lowest BCUT2D eigenvalue weighted by molar-refractivity contribution is 0.0953. The Morgan fingerprint density at radius 3 is 2.45 bits per heavy atom. The first-order valence-electron chi connectivity index (χ1n) is 8.64. The molecule has 20 heavy (non-hydrogen) atoms. The first kappa shape index (κ1) is 16.3. The zero-order chi connectivity index (χ0) is 14.6. The van der Waals surface area contributed by atoms with Crippen molar-refractivity contribution < 1.29 is 0 Å². The Morgan fingerprint density at radius 1 is 1.20 bits per heavy atom. The molecule has 0 aromatic heterocycles. The summed E-state index contributed by atoms with van der Waals surface area (Å²) in [7, 11) is 4.45. The van der Waals surface area contributed by atoms with Crippen molar-refractivity contribution in [3.05, 3.63) is 0 Å². The second-order valence-electron chi connectivity index (χ2n) is 7.60. The van der Waals surface area contributed by atoms with Crippen LogP contribution >= 0.6 is 0 Å². The molecule has 2 fully saturated rings. The average Bonchev–Trinajstić information content (AvgIpc) is 2.88. The van der Waals surface area contributed by atoms with Gasteiger partial charge in [0.05, 0.1) is 0 Å². The summed E-state index contributed by atoms with van der Waals surface area (Å²) < 4.78 is 0. The maximum absolute atomic E-state index is 3.64. The van der Waals surface area contributed by atoms with Crippen molar-refractivity contribution in [3.8, 4) is 0 Å². The number of nitrogens with one attached hydrogen (secondary N) is 1. The second-order valence-corrected chi connectivity index (χ2v) is 7.60. The Kier molecular flexibility index (Phi) is 5.88. The molecular formula is C17H35N3. The minimum Gasteiger partial charge on any atom is -0.316 e. The predicted octanol–water partition coefficient (Wildman–Crippen LogP) is 2.43. The van der Waals surface area contributed by atoms with Gasteiger partial charge in [-0.05, 0) is 57.8 Å². The fraction of sp³-hybridized carbons (Fsp3) is 1.00. The summed E-state index contributed by atoms with van der Waals surface area (Å²) in [6.45, 7) is 10.9. The van der Waals surface area contributed by atoms with Crippen molar-refractivity contribution in [1.29, 1.82) is 0 Å². The number of hydrogen-bond acceptors (Lipinski definition) is 3. The van der Waals surface area contributed by atoms with Gasteiger partial charge in [-0.3, -0.25) is 0 Å². The van der Waals surface area contributed by atoms with Crippen molar-refractivity contribution in [3.63, 3.8) is 0 Å². The molecule has 1 N–H and O–H groups in total. The summed E-state index contributed by atoms with van der Waals surface area (Å²) in [5.74, 6) is 0.942. The highest BCUT2D eigenvalue weighted by Gasteiger charge is 2.37. The van der Waals surface area contributed by atoms with Gasteiger partial charge in [-0.1, -0.05) is 26.7 Å². The first-order chi connectivity index (χ1) is 9.54. The number of rotatable bonds is 6. The molecule has 1 heterocycles. The lowest BCUT2D eigenvalue weighted by atomic mass is 9.70. The fourth-order valence-corrected chi connectivity index (χ4v) is 4.01. The molecular weight excluding hydrogens is 246 g/mol. The van der Waals surface area contributed by atoms with Crippen LogP contribution in [0.1, 0.15) is 46.0 Å². The Balaban J connectivity index is 1.91. The number of nitrogens with zero attached hydrogens (tertiary/aromatic N) is 2. The van der Waals surface area contributed by atoms with E-state index in [-0.39, 0.29) is 0 Å². The van der Waals surface area contributed by atoms with E-state index in [0.29, 0.717) is 5.41 Å². The molecule has 3 nitrogen and oxygen atoms in total. The Bertz CT molecular complexity index is 276. The molecule has 1 atom stereocenters. The maximum Gasteiger partial charge on any atom is 0.0229 e. The average molecular weight is 281 g/mol. The standard InChI is InChI=1S/C17H35N3/c1-5-18-13-17(9-6-15(2)7-10-17)14-20-11-8-16(12-20)19(3)4/h15-16,18H,5-14H2,1-4H3. The summed E-state index contributed by atoms with van der Waals surface area (Å²) in [4.78, 5) is 5.14. The SMILES string of the molecule is CCNCC1(CN2CCC(N(C)C)C2)CCC(C)CC1. The molecule has 0 radical (unpaired) electrons. The largest absolute Gasteiger partial charge is 0.316 e. The van der Waals surface area contributed by atoms with Crippen LogP contribution in [-0.4, -0.2) is 62.7 Å². The molecule has 0 amide bonds. The molecule has 1 unspecified atom stereocenters. The van der Waals surface area contributed by atoms with Crippen LogP contribution < -0.4 is 5.32 Å². The van der Waals surface area contributed by atoms with E-state index < -0.39 is 0 Å². The molecule has 1 saturated heterocycles. The smallest absolute Gasteiger partial charge is 0.0229 e. The summed E-state index contributed by atoms with van der Waals surface area (Å²) in [5, 5.41) is 3.64. The van der Waals surface area contributed by atoms with Crippen LogP contribution in [-0.2, 0) is 0 Å². The molecule has 0 spiro atoms. The van der Waals surface area contributed by atoms with Crippen LogP contribution in [0.5, 0.6) is 0 Å². The normalized spacial score (nSPS) is 35.9. The van der Waals surface area contributed by atoms with E-state index >= 15 is 0 Å². The summed E-state index contributed by atoms with van der Waals surface area (Å²) >= 11 is 0. The topological polar surface area (TPSA) is 18.5 Å². The molecule has 1 aliphatic heterocycles. The van der Waals surface area contributed by atoms with E-state index in [4.69, 9.17) is 0 Å². The molecule has 3 heteroatoms. The number of likely N-dealkylation sites (tertiary alicyclic amines) is 1. The van der Waals surface area contributed by atoms with Crippen molar-refractivity contribution in [1.82, 2.24) is 15.1 Å². The van der Waals surface area contributed by atoms with Crippen LogP contribution in [0.2, 0.25) is 0 Å². The maximum atomic E-state index is 3.64. The monoisotopic (exact) mass is 281 g/mol. The van der Waals surface area contributed by atoms with E-state index in [1.165, 1.54) is 58.3 Å². The Labute approximate surface area is 126 Å². The highest BCUT2D eigenvalue weighted by Crippen LogP contribution is 2.39. The molecule has 0 bridgehead atoms. The Morgan fingerprint density at radius 2 is 1.90 bits per heavy atom. The van der Waals surface area contributed by atoms with Gasteiger partial charge in [-0.2, -0.15) is 0 Å². The van der Waals surface area contributed by atoms with Crippen LogP contribution in [0.25, 0.3) is 0 Å². The van der Waals surface area contributed by atoms with Gasteiger partial charge in [0, 0.05) is 25.7 Å². The van der Waals surface area contributed by atoms with Crippen molar-refractivity contribution >= 4 is 0 Å². The van der Waals surface area contributed by atoms with Gasteiger partial charge in [-0.25, -0.2) is 0 Å². The van der Waals surface area contributed by atoms with Crippen molar-refractivity contribution in [2.45, 2.75) is 52.0 Å². The van der Waals surface area contributed by atoms with Crippen molar-refractivity contribution in [2.75, 3.05) is 46.8 Å². The van der Waals surface area contributed by atoms with E-state index in [1.807, 2.05) is 0 Å².